The van der Waals surface area contributed by atoms with Gasteiger partial charge in [-0.15, -0.1) is 0 Å². The molecule has 1 amide bonds. The number of sulfone groups is 1. The zero-order valence-corrected chi connectivity index (χ0v) is 12.1. The van der Waals surface area contributed by atoms with Crippen LogP contribution in [0.15, 0.2) is 0 Å². The first-order valence-corrected chi connectivity index (χ1v) is 8.05. The molecule has 0 aromatic carbocycles. The molecule has 1 aliphatic rings. The number of nitrogens with two attached hydrogens (primary N) is 1. The molecule has 1 rings (SSSR count). The lowest BCUT2D eigenvalue weighted by molar-refractivity contribution is -0.147. The van der Waals surface area contributed by atoms with Gasteiger partial charge in [0.05, 0.1) is 24.0 Å². The van der Waals surface area contributed by atoms with Crippen LogP contribution < -0.4 is 5.73 Å². The molecule has 0 aliphatic carbocycles. The second kappa shape index (κ2) is 7.00. The van der Waals surface area contributed by atoms with Crippen molar-refractivity contribution < 1.29 is 27.9 Å². The van der Waals surface area contributed by atoms with Crippen LogP contribution in [-0.2, 0) is 24.2 Å². The molecule has 1 aliphatic heterocycles. The highest BCUT2D eigenvalue weighted by Crippen LogP contribution is 2.19. The number of aliphatic carboxylic acids is 1. The number of methoxy groups -OCH3 is 1. The van der Waals surface area contributed by atoms with Gasteiger partial charge >= 0.3 is 5.97 Å². The lowest BCUT2D eigenvalue weighted by atomic mass is 10.1. The Hall–Kier alpha value is -1.19. The minimum atomic E-state index is -3.19. The average Bonchev–Trinajstić information content (AvgIpc) is 2.72. The normalized spacial score (nSPS) is 22.4. The summed E-state index contributed by atoms with van der Waals surface area (Å²) in [4.78, 5) is 24.1. The van der Waals surface area contributed by atoms with E-state index in [1.807, 2.05) is 0 Å². The molecule has 0 spiro atoms. The van der Waals surface area contributed by atoms with Crippen molar-refractivity contribution in [2.24, 2.45) is 5.73 Å². The molecule has 1 fully saturated rings. The van der Waals surface area contributed by atoms with E-state index in [-0.39, 0.29) is 30.9 Å². The van der Waals surface area contributed by atoms with Crippen LogP contribution in [0.3, 0.4) is 0 Å². The first-order valence-electron chi connectivity index (χ1n) is 6.23. The topological polar surface area (TPSA) is 127 Å². The molecule has 1 saturated heterocycles. The van der Waals surface area contributed by atoms with Gasteiger partial charge in [0.15, 0.2) is 9.84 Å². The number of carbonyl (C=O) groups excluding carboxylic acids is 1. The van der Waals surface area contributed by atoms with Crippen molar-refractivity contribution in [1.82, 2.24) is 4.90 Å². The summed E-state index contributed by atoms with van der Waals surface area (Å²) < 4.78 is 27.9. The summed E-state index contributed by atoms with van der Waals surface area (Å²) in [5.41, 5.74) is 5.42. The molecule has 0 saturated carbocycles. The van der Waals surface area contributed by atoms with E-state index >= 15 is 0 Å². The lowest BCUT2D eigenvalue weighted by Crippen LogP contribution is -2.46. The predicted octanol–water partition coefficient (Wildman–Crippen LogP) is -1.55. The van der Waals surface area contributed by atoms with Crippen molar-refractivity contribution in [3.05, 3.63) is 0 Å². The van der Waals surface area contributed by atoms with Crippen molar-refractivity contribution >= 4 is 21.7 Å². The minimum absolute atomic E-state index is 0.0222. The van der Waals surface area contributed by atoms with Crippen molar-refractivity contribution in [2.75, 3.05) is 31.7 Å². The predicted molar refractivity (Wildman–Crippen MR) is 70.9 cm³/mol. The summed E-state index contributed by atoms with van der Waals surface area (Å²) in [5, 5.41) is 8.87. The number of carboxylic acids is 1. The van der Waals surface area contributed by atoms with Crippen LogP contribution >= 0.6 is 0 Å². The fraction of sp³-hybridized carbons (Fsp3) is 0.818. The summed E-state index contributed by atoms with van der Waals surface area (Å²) >= 11 is 0. The van der Waals surface area contributed by atoms with Gasteiger partial charge in [-0.3, -0.25) is 9.59 Å². The molecule has 3 N–H and O–H groups in total. The van der Waals surface area contributed by atoms with E-state index in [1.165, 1.54) is 7.11 Å². The molecule has 2 unspecified atom stereocenters. The largest absolute Gasteiger partial charge is 0.480 e. The summed E-state index contributed by atoms with van der Waals surface area (Å²) in [5.74, 6) is -1.84. The van der Waals surface area contributed by atoms with Gasteiger partial charge in [0.2, 0.25) is 5.91 Å². The van der Waals surface area contributed by atoms with Gasteiger partial charge in [-0.25, -0.2) is 8.42 Å². The maximum absolute atomic E-state index is 12.1. The Labute approximate surface area is 117 Å². The fourth-order valence-corrected chi connectivity index (χ4v) is 3.89. The smallest absolute Gasteiger partial charge is 0.323 e. The highest BCUT2D eigenvalue weighted by molar-refractivity contribution is 7.91. The Morgan fingerprint density at radius 3 is 2.55 bits per heavy atom. The standard InChI is InChI=1S/C11H20N2O6S/c1-19-9(5-12)4-10(14)13(6-11(15)16)8-2-3-20(17,18)7-8/h8-9H,2-7,12H2,1H3,(H,15,16). The second-order valence-electron chi connectivity index (χ2n) is 4.77. The maximum atomic E-state index is 12.1. The maximum Gasteiger partial charge on any atom is 0.323 e. The summed E-state index contributed by atoms with van der Waals surface area (Å²) in [6.07, 6.45) is -0.296. The Bertz CT molecular complexity index is 460. The van der Waals surface area contributed by atoms with E-state index in [4.69, 9.17) is 15.6 Å². The van der Waals surface area contributed by atoms with Crippen LogP contribution in [0.25, 0.3) is 0 Å². The fourth-order valence-electron chi connectivity index (χ4n) is 2.16. The van der Waals surface area contributed by atoms with E-state index in [0.29, 0.717) is 0 Å². The molecule has 8 nitrogen and oxygen atoms in total. The van der Waals surface area contributed by atoms with Gasteiger partial charge in [-0.1, -0.05) is 0 Å². The van der Waals surface area contributed by atoms with Crippen LogP contribution in [0.5, 0.6) is 0 Å². The van der Waals surface area contributed by atoms with Crippen LogP contribution in [0, 0.1) is 0 Å². The van der Waals surface area contributed by atoms with Gasteiger partial charge in [-0.2, -0.15) is 0 Å². The Morgan fingerprint density at radius 2 is 2.15 bits per heavy atom. The van der Waals surface area contributed by atoms with E-state index in [2.05, 4.69) is 0 Å². The van der Waals surface area contributed by atoms with Gasteiger partial charge in [0.25, 0.3) is 0 Å². The number of ether oxygens (including phenoxy) is 1. The van der Waals surface area contributed by atoms with Gasteiger partial charge in [0.1, 0.15) is 6.54 Å². The van der Waals surface area contributed by atoms with E-state index in [9.17, 15) is 18.0 Å². The average molecular weight is 308 g/mol. The van der Waals surface area contributed by atoms with Crippen molar-refractivity contribution in [3.8, 4) is 0 Å². The number of hydrogen-bond acceptors (Lipinski definition) is 6. The third kappa shape index (κ3) is 4.73. The summed E-state index contributed by atoms with van der Waals surface area (Å²) in [6.45, 7) is -0.383. The molecule has 0 radical (unpaired) electrons. The summed E-state index contributed by atoms with van der Waals surface area (Å²) in [7, 11) is -1.78. The Balaban J connectivity index is 2.79. The SMILES string of the molecule is COC(CN)CC(=O)N(CC(=O)O)C1CCS(=O)(=O)C1. The third-order valence-corrected chi connectivity index (χ3v) is 5.02. The molecule has 116 valence electrons. The van der Waals surface area contributed by atoms with E-state index < -0.39 is 40.4 Å². The first kappa shape index (κ1) is 16.9. The Kier molecular flexibility index (Phi) is 5.90. The molecular weight excluding hydrogens is 288 g/mol. The highest BCUT2D eigenvalue weighted by atomic mass is 32.2. The first-order chi connectivity index (χ1) is 9.29. The number of amides is 1. The number of carboxylic acid groups (broad SMARTS) is 1. The minimum Gasteiger partial charge on any atom is -0.480 e. The second-order valence-corrected chi connectivity index (χ2v) is 7.00. The van der Waals surface area contributed by atoms with Gasteiger partial charge in [0, 0.05) is 19.7 Å². The third-order valence-electron chi connectivity index (χ3n) is 3.27. The lowest BCUT2D eigenvalue weighted by Gasteiger charge is -2.28. The molecule has 9 heteroatoms. The monoisotopic (exact) mass is 308 g/mol. The van der Waals surface area contributed by atoms with Crippen molar-refractivity contribution in [3.63, 3.8) is 0 Å². The zero-order valence-electron chi connectivity index (χ0n) is 11.3. The van der Waals surface area contributed by atoms with Crippen molar-refractivity contribution in [2.45, 2.75) is 25.0 Å². The van der Waals surface area contributed by atoms with E-state index in [1.54, 1.807) is 0 Å². The molecular formula is C11H20N2O6S. The number of carbonyl (C=O) groups is 2. The number of hydrogen-bond donors (Lipinski definition) is 2. The quantitative estimate of drug-likeness (QED) is 0.583. The molecule has 0 aromatic heterocycles. The number of rotatable bonds is 7. The van der Waals surface area contributed by atoms with Crippen LogP contribution in [0.1, 0.15) is 12.8 Å². The zero-order chi connectivity index (χ0) is 15.3. The van der Waals surface area contributed by atoms with Crippen LogP contribution in [0.2, 0.25) is 0 Å². The van der Waals surface area contributed by atoms with Gasteiger partial charge in [-0.05, 0) is 6.42 Å². The molecule has 2 atom stereocenters. The highest BCUT2D eigenvalue weighted by Gasteiger charge is 2.36. The van der Waals surface area contributed by atoms with Crippen molar-refractivity contribution in [1.29, 1.82) is 0 Å². The van der Waals surface area contributed by atoms with Crippen LogP contribution in [-0.4, -0.2) is 74.2 Å². The van der Waals surface area contributed by atoms with Gasteiger partial charge < -0.3 is 20.5 Å². The van der Waals surface area contributed by atoms with Crippen LogP contribution in [0.4, 0.5) is 0 Å². The number of nitrogens with zero attached hydrogens (tertiary/aromatic N) is 1. The Morgan fingerprint density at radius 1 is 1.50 bits per heavy atom. The molecule has 0 aromatic rings. The molecule has 1 heterocycles. The molecule has 0 bridgehead atoms. The molecule has 20 heavy (non-hydrogen) atoms. The van der Waals surface area contributed by atoms with E-state index in [0.717, 1.165) is 4.90 Å². The summed E-state index contributed by atoms with van der Waals surface area (Å²) in [6, 6.07) is -0.584.